The lowest BCUT2D eigenvalue weighted by molar-refractivity contribution is -0.136. The van der Waals surface area contributed by atoms with Gasteiger partial charge in [0.15, 0.2) is 5.82 Å². The molecule has 0 atom stereocenters. The molecule has 2 aromatic heterocycles. The highest BCUT2D eigenvalue weighted by atomic mass is 16.2. The van der Waals surface area contributed by atoms with Crippen molar-refractivity contribution in [1.29, 1.82) is 0 Å². The van der Waals surface area contributed by atoms with Crippen LogP contribution < -0.4 is 5.73 Å². The molecule has 0 aliphatic heterocycles. The lowest BCUT2D eigenvalue weighted by atomic mass is 10.0. The zero-order valence-electron chi connectivity index (χ0n) is 30.1. The second-order valence-electron chi connectivity index (χ2n) is 14.5. The molecule has 0 aliphatic rings. The molecule has 6 heteroatoms. The Morgan fingerprint density at radius 3 is 1.94 bits per heavy atom. The highest BCUT2D eigenvalue weighted by Crippen LogP contribution is 2.30. The van der Waals surface area contributed by atoms with E-state index in [9.17, 15) is 4.79 Å². The molecule has 0 aliphatic carbocycles. The van der Waals surface area contributed by atoms with Crippen molar-refractivity contribution in [2.75, 3.05) is 5.73 Å². The second kappa shape index (κ2) is 18.2. The number of nitrogens with two attached hydrogens (primary N) is 1. The van der Waals surface area contributed by atoms with E-state index in [0.717, 1.165) is 65.4 Å². The Bertz CT molecular complexity index is 1530. The zero-order valence-corrected chi connectivity index (χ0v) is 30.1. The van der Waals surface area contributed by atoms with Gasteiger partial charge in [0, 0.05) is 36.9 Å². The summed E-state index contributed by atoms with van der Waals surface area (Å²) in [5, 5.41) is 1.08. The number of benzene rings is 2. The van der Waals surface area contributed by atoms with Gasteiger partial charge in [-0.25, -0.2) is 9.97 Å². The molecule has 2 aromatic carbocycles. The number of nitrogen functional groups attached to an aromatic ring is 1. The fraction of sp³-hybridized carbons (Fsp3) is 0.585. The molecule has 4 aromatic rings. The van der Waals surface area contributed by atoms with E-state index in [1.807, 2.05) is 12.1 Å². The van der Waals surface area contributed by atoms with E-state index >= 15 is 0 Å². The predicted octanol–water partition coefficient (Wildman–Crippen LogP) is 10.8. The summed E-state index contributed by atoms with van der Waals surface area (Å²) in [6, 6.07) is 17.0. The maximum absolute atomic E-state index is 13.4. The summed E-state index contributed by atoms with van der Waals surface area (Å²) in [5.74, 6) is 1.80. The molecule has 0 radical (unpaired) electrons. The SMILES string of the molecule is CCCCCCCCCCCCCCC(=O)N(Cc1ccc(Cn2c(CCCC)nc3c(N)nc4ccccc4c32)cc1)C(C)(C)C. The van der Waals surface area contributed by atoms with Crippen LogP contribution in [0.2, 0.25) is 0 Å². The monoisotopic (exact) mass is 639 g/mol. The van der Waals surface area contributed by atoms with Crippen molar-refractivity contribution in [3.05, 3.63) is 65.5 Å². The van der Waals surface area contributed by atoms with Gasteiger partial charge in [0.1, 0.15) is 11.3 Å². The molecule has 1 amide bonds. The first-order valence-electron chi connectivity index (χ1n) is 18.6. The van der Waals surface area contributed by atoms with Gasteiger partial charge in [-0.15, -0.1) is 0 Å². The number of imidazole rings is 1. The Morgan fingerprint density at radius 2 is 1.32 bits per heavy atom. The van der Waals surface area contributed by atoms with E-state index in [4.69, 9.17) is 10.7 Å². The van der Waals surface area contributed by atoms with Crippen LogP contribution in [0.4, 0.5) is 5.82 Å². The number of pyridine rings is 1. The molecule has 0 saturated heterocycles. The highest BCUT2D eigenvalue weighted by molar-refractivity contribution is 6.06. The highest BCUT2D eigenvalue weighted by Gasteiger charge is 2.26. The third-order valence-electron chi connectivity index (χ3n) is 9.50. The summed E-state index contributed by atoms with van der Waals surface area (Å²) >= 11 is 0. The number of hydrogen-bond acceptors (Lipinski definition) is 4. The van der Waals surface area contributed by atoms with Gasteiger partial charge >= 0.3 is 0 Å². The minimum Gasteiger partial charge on any atom is -0.382 e. The van der Waals surface area contributed by atoms with E-state index in [1.54, 1.807) is 0 Å². The van der Waals surface area contributed by atoms with Gasteiger partial charge in [-0.1, -0.05) is 133 Å². The van der Waals surface area contributed by atoms with Gasteiger partial charge in [0.2, 0.25) is 5.91 Å². The Kier molecular flexibility index (Phi) is 14.1. The number of carbonyl (C=O) groups excluding carboxylic acids is 1. The molecule has 0 saturated carbocycles. The van der Waals surface area contributed by atoms with Crippen LogP contribution in [0.15, 0.2) is 48.5 Å². The number of rotatable bonds is 20. The smallest absolute Gasteiger partial charge is 0.223 e. The van der Waals surface area contributed by atoms with Crippen LogP contribution in [0.1, 0.15) is 148 Å². The Morgan fingerprint density at radius 1 is 0.745 bits per heavy atom. The van der Waals surface area contributed by atoms with Gasteiger partial charge in [-0.3, -0.25) is 4.79 Å². The summed E-state index contributed by atoms with van der Waals surface area (Å²) in [6.07, 6.45) is 19.4. The van der Waals surface area contributed by atoms with Gasteiger partial charge in [0.05, 0.1) is 11.0 Å². The van der Waals surface area contributed by atoms with Crippen molar-refractivity contribution in [2.45, 2.75) is 156 Å². The van der Waals surface area contributed by atoms with E-state index in [2.05, 4.69) is 85.5 Å². The molecule has 6 nitrogen and oxygen atoms in total. The molecule has 4 rings (SSSR count). The number of fused-ring (bicyclic) bond motifs is 3. The van der Waals surface area contributed by atoms with Gasteiger partial charge in [0.25, 0.3) is 0 Å². The molecule has 2 N–H and O–H groups in total. The van der Waals surface area contributed by atoms with E-state index in [0.29, 0.717) is 25.3 Å². The molecule has 256 valence electrons. The first-order valence-corrected chi connectivity index (χ1v) is 18.6. The topological polar surface area (TPSA) is 77.0 Å². The second-order valence-corrected chi connectivity index (χ2v) is 14.5. The maximum atomic E-state index is 13.4. The van der Waals surface area contributed by atoms with Crippen LogP contribution in [0.5, 0.6) is 0 Å². The number of unbranched alkanes of at least 4 members (excludes halogenated alkanes) is 12. The largest absolute Gasteiger partial charge is 0.382 e. The fourth-order valence-electron chi connectivity index (χ4n) is 6.67. The summed E-state index contributed by atoms with van der Waals surface area (Å²) < 4.78 is 2.33. The average molecular weight is 640 g/mol. The molecule has 2 heterocycles. The van der Waals surface area contributed by atoms with Gasteiger partial charge < -0.3 is 15.2 Å². The maximum Gasteiger partial charge on any atom is 0.223 e. The van der Waals surface area contributed by atoms with Crippen LogP contribution in [0.3, 0.4) is 0 Å². The lowest BCUT2D eigenvalue weighted by Crippen LogP contribution is -2.45. The third-order valence-corrected chi connectivity index (χ3v) is 9.50. The molecule has 0 fully saturated rings. The minimum atomic E-state index is -0.230. The predicted molar refractivity (Wildman–Crippen MR) is 200 cm³/mol. The normalized spacial score (nSPS) is 11.9. The summed E-state index contributed by atoms with van der Waals surface area (Å²) in [6.45, 7) is 12.3. The minimum absolute atomic E-state index is 0.230. The number of para-hydroxylation sites is 1. The number of amides is 1. The first-order chi connectivity index (χ1) is 22.7. The van der Waals surface area contributed by atoms with Crippen molar-refractivity contribution >= 4 is 33.7 Å². The molecular formula is C41H61N5O. The van der Waals surface area contributed by atoms with Crippen LogP contribution in [0, 0.1) is 0 Å². The quantitative estimate of drug-likeness (QED) is 0.0976. The van der Waals surface area contributed by atoms with E-state index < -0.39 is 0 Å². The molecule has 47 heavy (non-hydrogen) atoms. The third kappa shape index (κ3) is 10.5. The van der Waals surface area contributed by atoms with Crippen molar-refractivity contribution in [2.24, 2.45) is 0 Å². The average Bonchev–Trinajstić information content (AvgIpc) is 3.42. The van der Waals surface area contributed by atoms with Gasteiger partial charge in [-0.05, 0) is 50.8 Å². The number of anilines is 1. The fourth-order valence-corrected chi connectivity index (χ4v) is 6.67. The Balaban J connectivity index is 1.34. The number of aryl methyl sites for hydroxylation is 1. The van der Waals surface area contributed by atoms with E-state index in [-0.39, 0.29) is 11.4 Å². The number of hydrogen-bond donors (Lipinski definition) is 1. The van der Waals surface area contributed by atoms with Gasteiger partial charge in [-0.2, -0.15) is 0 Å². The van der Waals surface area contributed by atoms with Crippen molar-refractivity contribution in [1.82, 2.24) is 19.4 Å². The molecule has 0 bridgehead atoms. The standard InChI is InChI=1S/C41H61N5O/c1-6-8-10-11-12-13-14-15-16-17-18-19-25-37(47)46(41(3,4)5)31-33-28-26-32(27-29-33)30-45-36(24-9-7-2)44-38-39(45)34-22-20-21-23-35(34)43-40(38)42/h20-23,26-29H,6-19,24-25,30-31H2,1-5H3,(H2,42,43). The Hall–Kier alpha value is -3.41. The van der Waals surface area contributed by atoms with Crippen molar-refractivity contribution in [3.63, 3.8) is 0 Å². The molecule has 0 unspecified atom stereocenters. The summed E-state index contributed by atoms with van der Waals surface area (Å²) in [7, 11) is 0. The van der Waals surface area contributed by atoms with Crippen molar-refractivity contribution in [3.8, 4) is 0 Å². The van der Waals surface area contributed by atoms with E-state index in [1.165, 1.54) is 69.8 Å². The number of aromatic nitrogens is 3. The summed E-state index contributed by atoms with van der Waals surface area (Å²) in [4.78, 5) is 25.1. The lowest BCUT2D eigenvalue weighted by Gasteiger charge is -2.36. The van der Waals surface area contributed by atoms with Crippen molar-refractivity contribution < 1.29 is 4.79 Å². The number of nitrogens with zero attached hydrogens (tertiary/aromatic N) is 4. The molecular weight excluding hydrogens is 578 g/mol. The summed E-state index contributed by atoms with van der Waals surface area (Å²) in [5.41, 5.74) is 11.3. The first kappa shape index (κ1) is 36.4. The molecule has 0 spiro atoms. The Labute approximate surface area is 284 Å². The van der Waals surface area contributed by atoms with Crippen LogP contribution in [-0.4, -0.2) is 30.9 Å². The van der Waals surface area contributed by atoms with Crippen LogP contribution >= 0.6 is 0 Å². The van der Waals surface area contributed by atoms with Crippen LogP contribution in [-0.2, 0) is 24.3 Å². The zero-order chi connectivity index (χ0) is 33.6. The van der Waals surface area contributed by atoms with Crippen LogP contribution in [0.25, 0.3) is 21.9 Å². The number of carbonyl (C=O) groups is 1.